The molecule has 2 heterocycles. The van der Waals surface area contributed by atoms with Gasteiger partial charge in [-0.15, -0.1) is 0 Å². The molecule has 0 atom stereocenters. The summed E-state index contributed by atoms with van der Waals surface area (Å²) >= 11 is 0. The maximum absolute atomic E-state index is 14.9. The van der Waals surface area contributed by atoms with Gasteiger partial charge in [0, 0.05) is 17.6 Å². The second-order valence-corrected chi connectivity index (χ2v) is 9.06. The third kappa shape index (κ3) is 4.73. The highest BCUT2D eigenvalue weighted by molar-refractivity contribution is 6.06. The van der Waals surface area contributed by atoms with E-state index in [9.17, 15) is 9.18 Å². The molecular formula is C28H29FN4O. The number of hydrogen-bond donors (Lipinski definition) is 2. The van der Waals surface area contributed by atoms with Gasteiger partial charge in [0.15, 0.2) is 5.69 Å². The lowest BCUT2D eigenvalue weighted by molar-refractivity contribution is 0.0963. The van der Waals surface area contributed by atoms with Crippen molar-refractivity contribution < 1.29 is 9.18 Å². The number of nitrogens with zero attached hydrogens (tertiary/aromatic N) is 2. The average molecular weight is 457 g/mol. The molecule has 0 unspecified atom stereocenters. The second-order valence-electron chi connectivity index (χ2n) is 9.06. The van der Waals surface area contributed by atoms with Crippen molar-refractivity contribution in [3.8, 4) is 11.1 Å². The van der Waals surface area contributed by atoms with Crippen LogP contribution in [-0.2, 0) is 6.54 Å². The third-order valence-electron chi connectivity index (χ3n) is 6.60. The number of amides is 1. The molecule has 0 saturated carbocycles. The molecule has 6 heteroatoms. The Labute approximate surface area is 199 Å². The molecule has 2 aromatic carbocycles. The fourth-order valence-corrected chi connectivity index (χ4v) is 4.72. The van der Waals surface area contributed by atoms with Crippen LogP contribution in [0.4, 0.5) is 4.39 Å². The van der Waals surface area contributed by atoms with Crippen molar-refractivity contribution in [2.45, 2.75) is 39.2 Å². The van der Waals surface area contributed by atoms with Gasteiger partial charge < -0.3 is 5.32 Å². The number of halogens is 1. The Morgan fingerprint density at radius 3 is 2.85 bits per heavy atom. The van der Waals surface area contributed by atoms with E-state index in [4.69, 9.17) is 0 Å². The van der Waals surface area contributed by atoms with Crippen LogP contribution >= 0.6 is 0 Å². The van der Waals surface area contributed by atoms with Gasteiger partial charge in [0.1, 0.15) is 5.82 Å². The number of aromatic nitrogens is 2. The van der Waals surface area contributed by atoms with Gasteiger partial charge in [-0.25, -0.2) is 4.39 Å². The number of carbonyl (C=O) groups excluding carboxylic acids is 1. The second kappa shape index (κ2) is 9.77. The number of allylic oxidation sites excluding steroid dienone is 5. The average Bonchev–Trinajstić information content (AvgIpc) is 3.10. The minimum Gasteiger partial charge on any atom is -0.321 e. The van der Waals surface area contributed by atoms with Crippen LogP contribution in [0.5, 0.6) is 0 Å². The number of aromatic amines is 1. The maximum atomic E-state index is 14.9. The van der Waals surface area contributed by atoms with Gasteiger partial charge in [-0.2, -0.15) is 5.10 Å². The number of fused-ring (bicyclic) bond motifs is 1. The summed E-state index contributed by atoms with van der Waals surface area (Å²) in [7, 11) is 0. The van der Waals surface area contributed by atoms with Crippen LogP contribution in [0.2, 0.25) is 0 Å². The minimum atomic E-state index is -0.275. The molecule has 0 spiro atoms. The number of rotatable bonds is 5. The van der Waals surface area contributed by atoms with Crippen LogP contribution in [0.25, 0.3) is 22.0 Å². The normalized spacial score (nSPS) is 16.5. The van der Waals surface area contributed by atoms with Crippen LogP contribution < -0.4 is 5.32 Å². The summed E-state index contributed by atoms with van der Waals surface area (Å²) in [5.41, 5.74) is 5.14. The molecule has 1 saturated heterocycles. The Morgan fingerprint density at radius 2 is 2.00 bits per heavy atom. The van der Waals surface area contributed by atoms with Gasteiger partial charge in [-0.05, 0) is 91.9 Å². The van der Waals surface area contributed by atoms with Crippen molar-refractivity contribution in [2.24, 2.45) is 0 Å². The Bertz CT molecular complexity index is 1310. The standard InChI is InChI=1S/C28H29FN4O/c1-19-23(15-20(16-25(19)29)18-33-13-7-4-8-14-33)21-11-12-26-24(17-21)27(32-31-26)28(34)30-22-9-5-2-3-6-10-22/h2-3,5,9-12,15-17H,4,6-8,13-14,18H2,1H3,(H,30,34)(H,31,32). The van der Waals surface area contributed by atoms with Crippen molar-refractivity contribution in [1.82, 2.24) is 20.4 Å². The Morgan fingerprint density at radius 1 is 1.15 bits per heavy atom. The zero-order valence-corrected chi connectivity index (χ0v) is 19.4. The lowest BCUT2D eigenvalue weighted by Gasteiger charge is -2.26. The first-order valence-electron chi connectivity index (χ1n) is 11.9. The first-order chi connectivity index (χ1) is 16.6. The predicted molar refractivity (Wildman–Crippen MR) is 134 cm³/mol. The molecule has 34 heavy (non-hydrogen) atoms. The zero-order valence-electron chi connectivity index (χ0n) is 19.4. The third-order valence-corrected chi connectivity index (χ3v) is 6.60. The van der Waals surface area contributed by atoms with Crippen LogP contribution in [-0.4, -0.2) is 34.1 Å². The molecule has 174 valence electrons. The van der Waals surface area contributed by atoms with Crippen LogP contribution in [0.15, 0.2) is 66.4 Å². The lowest BCUT2D eigenvalue weighted by Crippen LogP contribution is -2.29. The van der Waals surface area contributed by atoms with Crippen LogP contribution in [0.3, 0.4) is 0 Å². The fourth-order valence-electron chi connectivity index (χ4n) is 4.72. The molecule has 2 N–H and O–H groups in total. The van der Waals surface area contributed by atoms with Gasteiger partial charge in [-0.3, -0.25) is 14.8 Å². The van der Waals surface area contributed by atoms with Gasteiger partial charge in [0.05, 0.1) is 5.52 Å². The summed E-state index contributed by atoms with van der Waals surface area (Å²) in [6, 6.07) is 9.53. The Hall–Kier alpha value is -3.51. The van der Waals surface area contributed by atoms with E-state index in [2.05, 4.69) is 26.5 Å². The molecular weight excluding hydrogens is 427 g/mol. The van der Waals surface area contributed by atoms with E-state index in [1.165, 1.54) is 19.3 Å². The highest BCUT2D eigenvalue weighted by Gasteiger charge is 2.18. The number of hydrogen-bond acceptors (Lipinski definition) is 3. The Balaban J connectivity index is 1.46. The van der Waals surface area contributed by atoms with E-state index in [-0.39, 0.29) is 11.7 Å². The van der Waals surface area contributed by atoms with Gasteiger partial charge in [0.2, 0.25) is 0 Å². The first-order valence-corrected chi connectivity index (χ1v) is 11.9. The summed E-state index contributed by atoms with van der Waals surface area (Å²) in [4.78, 5) is 15.4. The summed E-state index contributed by atoms with van der Waals surface area (Å²) < 4.78 is 14.9. The number of H-pyrrole nitrogens is 1. The zero-order chi connectivity index (χ0) is 23.5. The first kappa shape index (κ1) is 22.3. The van der Waals surface area contributed by atoms with E-state index < -0.39 is 0 Å². The number of piperidine rings is 1. The van der Waals surface area contributed by atoms with Crippen molar-refractivity contribution in [1.29, 1.82) is 0 Å². The molecule has 1 amide bonds. The molecule has 5 nitrogen and oxygen atoms in total. The molecule has 5 rings (SSSR count). The number of nitrogens with one attached hydrogen (secondary N) is 2. The summed E-state index contributed by atoms with van der Waals surface area (Å²) in [5.74, 6) is -0.474. The molecule has 3 aromatic rings. The molecule has 2 aliphatic rings. The van der Waals surface area contributed by atoms with Gasteiger partial charge in [-0.1, -0.05) is 36.8 Å². The summed E-state index contributed by atoms with van der Waals surface area (Å²) in [6.45, 7) is 4.68. The summed E-state index contributed by atoms with van der Waals surface area (Å²) in [6.07, 6.45) is 14.1. The molecule has 1 aliphatic heterocycles. The van der Waals surface area contributed by atoms with E-state index >= 15 is 0 Å². The van der Waals surface area contributed by atoms with Crippen molar-refractivity contribution >= 4 is 16.8 Å². The van der Waals surface area contributed by atoms with E-state index in [0.717, 1.165) is 54.0 Å². The van der Waals surface area contributed by atoms with E-state index in [1.54, 1.807) is 13.0 Å². The van der Waals surface area contributed by atoms with Crippen molar-refractivity contribution in [3.05, 3.63) is 89.0 Å². The van der Waals surface area contributed by atoms with E-state index in [1.807, 2.05) is 48.6 Å². The largest absolute Gasteiger partial charge is 0.321 e. The monoisotopic (exact) mass is 456 g/mol. The summed E-state index contributed by atoms with van der Waals surface area (Å²) in [5, 5.41) is 10.9. The SMILES string of the molecule is Cc1c(F)cc(CN2CCCCC2)cc1-c1ccc2[nH]nc(C(=O)NC3=CCC=CC=C3)c2c1. The fraction of sp³-hybridized carbons (Fsp3) is 0.286. The van der Waals surface area contributed by atoms with Gasteiger partial charge >= 0.3 is 0 Å². The molecule has 1 aliphatic carbocycles. The highest BCUT2D eigenvalue weighted by Crippen LogP contribution is 2.31. The number of carbonyl (C=O) groups is 1. The number of likely N-dealkylation sites (tertiary alicyclic amines) is 1. The van der Waals surface area contributed by atoms with E-state index in [0.29, 0.717) is 16.6 Å². The molecule has 1 aromatic heterocycles. The molecule has 0 radical (unpaired) electrons. The predicted octanol–water partition coefficient (Wildman–Crippen LogP) is 5.79. The molecule has 0 bridgehead atoms. The van der Waals surface area contributed by atoms with Crippen LogP contribution in [0, 0.1) is 12.7 Å². The Kier molecular flexibility index (Phi) is 6.41. The molecule has 1 fully saturated rings. The topological polar surface area (TPSA) is 61.0 Å². The quantitative estimate of drug-likeness (QED) is 0.511. The smallest absolute Gasteiger partial charge is 0.276 e. The van der Waals surface area contributed by atoms with Crippen molar-refractivity contribution in [3.63, 3.8) is 0 Å². The van der Waals surface area contributed by atoms with Gasteiger partial charge in [0.25, 0.3) is 5.91 Å². The van der Waals surface area contributed by atoms with Crippen LogP contribution in [0.1, 0.15) is 47.3 Å². The number of benzene rings is 2. The lowest BCUT2D eigenvalue weighted by atomic mass is 9.95. The van der Waals surface area contributed by atoms with Crippen molar-refractivity contribution in [2.75, 3.05) is 13.1 Å². The highest BCUT2D eigenvalue weighted by atomic mass is 19.1. The minimum absolute atomic E-state index is 0.199. The maximum Gasteiger partial charge on any atom is 0.276 e.